The average molecular weight is 345 g/mol. The summed E-state index contributed by atoms with van der Waals surface area (Å²) in [6.07, 6.45) is -2.74. The van der Waals surface area contributed by atoms with Gasteiger partial charge in [-0.05, 0) is 24.3 Å². The van der Waals surface area contributed by atoms with Gasteiger partial charge in [-0.25, -0.2) is 0 Å². The van der Waals surface area contributed by atoms with E-state index in [0.29, 0.717) is 4.47 Å². The first kappa shape index (κ1) is 14.5. The van der Waals surface area contributed by atoms with Gasteiger partial charge >= 0.3 is 6.18 Å². The molecule has 0 saturated heterocycles. The standard InChI is InChI=1S/C13H8BrF3N2O/c14-7-1-2-8(11(18)5-7)12(20)9-6-19-4-3-10(9)13(15,16)17/h1-6H,18H2. The van der Waals surface area contributed by atoms with Crippen molar-refractivity contribution in [3.8, 4) is 0 Å². The number of ketones is 1. The number of anilines is 1. The molecule has 0 spiro atoms. The number of nitrogens with two attached hydrogens (primary N) is 1. The van der Waals surface area contributed by atoms with Gasteiger partial charge in [-0.15, -0.1) is 0 Å². The van der Waals surface area contributed by atoms with Crippen LogP contribution in [0.2, 0.25) is 0 Å². The third-order valence-electron chi connectivity index (χ3n) is 2.63. The third-order valence-corrected chi connectivity index (χ3v) is 3.12. The monoisotopic (exact) mass is 344 g/mol. The largest absolute Gasteiger partial charge is 0.417 e. The molecular weight excluding hydrogens is 337 g/mol. The van der Waals surface area contributed by atoms with Crippen LogP contribution >= 0.6 is 15.9 Å². The number of nitrogen functional groups attached to an aromatic ring is 1. The minimum absolute atomic E-state index is 0.00620. The van der Waals surface area contributed by atoms with Gasteiger partial charge in [-0.1, -0.05) is 15.9 Å². The van der Waals surface area contributed by atoms with E-state index in [0.717, 1.165) is 18.5 Å². The maximum atomic E-state index is 12.9. The number of hydrogen-bond acceptors (Lipinski definition) is 3. The van der Waals surface area contributed by atoms with E-state index in [1.165, 1.54) is 18.2 Å². The zero-order valence-corrected chi connectivity index (χ0v) is 11.5. The fourth-order valence-corrected chi connectivity index (χ4v) is 2.09. The lowest BCUT2D eigenvalue weighted by atomic mass is 9.99. The van der Waals surface area contributed by atoms with Gasteiger partial charge in [0.25, 0.3) is 0 Å². The van der Waals surface area contributed by atoms with Crippen LogP contribution in [0.3, 0.4) is 0 Å². The second kappa shape index (κ2) is 5.24. The van der Waals surface area contributed by atoms with Crippen molar-refractivity contribution in [1.82, 2.24) is 4.98 Å². The molecule has 0 fully saturated rings. The van der Waals surface area contributed by atoms with Crippen LogP contribution in [0.15, 0.2) is 41.1 Å². The van der Waals surface area contributed by atoms with Crippen LogP contribution < -0.4 is 5.73 Å². The van der Waals surface area contributed by atoms with Crippen molar-refractivity contribution in [2.75, 3.05) is 5.73 Å². The van der Waals surface area contributed by atoms with Crippen LogP contribution in [-0.4, -0.2) is 10.8 Å². The Morgan fingerprint density at radius 1 is 1.20 bits per heavy atom. The summed E-state index contributed by atoms with van der Waals surface area (Å²) in [6, 6.07) is 5.13. The quantitative estimate of drug-likeness (QED) is 0.667. The smallest absolute Gasteiger partial charge is 0.398 e. The molecule has 3 nitrogen and oxygen atoms in total. The topological polar surface area (TPSA) is 56.0 Å². The zero-order chi connectivity index (χ0) is 14.9. The molecule has 0 saturated carbocycles. The molecule has 0 aliphatic carbocycles. The predicted octanol–water partition coefficient (Wildman–Crippen LogP) is 3.68. The first-order valence-corrected chi connectivity index (χ1v) is 6.21. The van der Waals surface area contributed by atoms with Gasteiger partial charge in [0.05, 0.1) is 11.1 Å². The van der Waals surface area contributed by atoms with Gasteiger partial charge in [-0.2, -0.15) is 13.2 Å². The molecule has 0 bridgehead atoms. The van der Waals surface area contributed by atoms with Crippen LogP contribution in [0.1, 0.15) is 21.5 Å². The Morgan fingerprint density at radius 3 is 2.50 bits per heavy atom. The first-order valence-electron chi connectivity index (χ1n) is 5.41. The molecule has 1 heterocycles. The van der Waals surface area contributed by atoms with Gasteiger partial charge in [0.2, 0.25) is 0 Å². The summed E-state index contributed by atoms with van der Waals surface area (Å²) in [5, 5.41) is 0. The Bertz CT molecular complexity index is 671. The van der Waals surface area contributed by atoms with Crippen molar-refractivity contribution in [2.45, 2.75) is 6.18 Å². The number of nitrogens with zero attached hydrogens (tertiary/aromatic N) is 1. The number of benzene rings is 1. The number of hydrogen-bond donors (Lipinski definition) is 1. The molecule has 20 heavy (non-hydrogen) atoms. The normalized spacial score (nSPS) is 11.4. The van der Waals surface area contributed by atoms with E-state index in [4.69, 9.17) is 5.73 Å². The van der Waals surface area contributed by atoms with Crippen molar-refractivity contribution < 1.29 is 18.0 Å². The van der Waals surface area contributed by atoms with E-state index in [9.17, 15) is 18.0 Å². The highest BCUT2D eigenvalue weighted by Gasteiger charge is 2.35. The molecule has 1 aromatic heterocycles. The van der Waals surface area contributed by atoms with Gasteiger partial charge in [0.15, 0.2) is 5.78 Å². The Balaban J connectivity index is 2.55. The Labute approximate surface area is 120 Å². The number of rotatable bonds is 2. The highest BCUT2D eigenvalue weighted by Crippen LogP contribution is 2.33. The number of aromatic nitrogens is 1. The minimum atomic E-state index is -4.63. The summed E-state index contributed by atoms with van der Waals surface area (Å²) in [6.45, 7) is 0. The summed E-state index contributed by atoms with van der Waals surface area (Å²) in [4.78, 5) is 15.8. The summed E-state index contributed by atoms with van der Waals surface area (Å²) >= 11 is 3.16. The van der Waals surface area contributed by atoms with Crippen molar-refractivity contribution in [1.29, 1.82) is 0 Å². The molecule has 0 radical (unpaired) electrons. The molecule has 0 amide bonds. The van der Waals surface area contributed by atoms with E-state index in [1.807, 2.05) is 0 Å². The van der Waals surface area contributed by atoms with Crippen LogP contribution in [0, 0.1) is 0 Å². The Hall–Kier alpha value is -1.89. The molecule has 2 rings (SSSR count). The summed E-state index contributed by atoms with van der Waals surface area (Å²) < 4.78 is 39.2. The van der Waals surface area contributed by atoms with Gasteiger partial charge < -0.3 is 5.73 Å². The van der Waals surface area contributed by atoms with E-state index < -0.39 is 23.1 Å². The van der Waals surface area contributed by atoms with Crippen molar-refractivity contribution in [2.24, 2.45) is 0 Å². The molecule has 0 unspecified atom stereocenters. The predicted molar refractivity (Wildman–Crippen MR) is 71.2 cm³/mol. The maximum absolute atomic E-state index is 12.9. The summed E-state index contributed by atoms with van der Waals surface area (Å²) in [5.41, 5.74) is 4.22. The molecule has 0 atom stereocenters. The second-order valence-corrected chi connectivity index (χ2v) is 4.90. The fraction of sp³-hybridized carbons (Fsp3) is 0.0769. The molecule has 0 aliphatic rings. The lowest BCUT2D eigenvalue weighted by molar-refractivity contribution is -0.137. The molecule has 2 N–H and O–H groups in total. The minimum Gasteiger partial charge on any atom is -0.398 e. The van der Waals surface area contributed by atoms with Crippen LogP contribution in [0.4, 0.5) is 18.9 Å². The molecular formula is C13H8BrF3N2O. The van der Waals surface area contributed by atoms with E-state index in [2.05, 4.69) is 20.9 Å². The van der Waals surface area contributed by atoms with Gasteiger partial charge in [0, 0.05) is 28.1 Å². The molecule has 104 valence electrons. The highest BCUT2D eigenvalue weighted by molar-refractivity contribution is 9.10. The van der Waals surface area contributed by atoms with Crippen molar-refractivity contribution in [3.63, 3.8) is 0 Å². The lowest BCUT2D eigenvalue weighted by Gasteiger charge is -2.12. The number of halogens is 4. The summed E-state index contributed by atoms with van der Waals surface area (Å²) in [5.74, 6) is -0.810. The van der Waals surface area contributed by atoms with E-state index in [1.54, 1.807) is 0 Å². The number of carbonyl (C=O) groups excluding carboxylic acids is 1. The van der Waals surface area contributed by atoms with Gasteiger partial charge in [-0.3, -0.25) is 9.78 Å². The highest BCUT2D eigenvalue weighted by atomic mass is 79.9. The lowest BCUT2D eigenvalue weighted by Crippen LogP contribution is -2.15. The average Bonchev–Trinajstić information content (AvgIpc) is 2.37. The van der Waals surface area contributed by atoms with Crippen molar-refractivity contribution in [3.05, 3.63) is 57.8 Å². The van der Waals surface area contributed by atoms with Crippen LogP contribution in [0.25, 0.3) is 0 Å². The summed E-state index contributed by atoms with van der Waals surface area (Å²) in [7, 11) is 0. The molecule has 2 aromatic rings. The van der Waals surface area contributed by atoms with E-state index >= 15 is 0 Å². The van der Waals surface area contributed by atoms with Crippen LogP contribution in [-0.2, 0) is 6.18 Å². The van der Waals surface area contributed by atoms with Gasteiger partial charge in [0.1, 0.15) is 0 Å². The first-order chi connectivity index (χ1) is 9.30. The Kier molecular flexibility index (Phi) is 3.80. The maximum Gasteiger partial charge on any atom is 0.417 e. The molecule has 0 aliphatic heterocycles. The number of carbonyl (C=O) groups is 1. The third kappa shape index (κ3) is 2.82. The van der Waals surface area contributed by atoms with Crippen molar-refractivity contribution >= 4 is 27.4 Å². The fourth-order valence-electron chi connectivity index (χ4n) is 1.71. The Morgan fingerprint density at radius 2 is 1.90 bits per heavy atom. The second-order valence-electron chi connectivity index (χ2n) is 3.98. The number of alkyl halides is 3. The number of pyridine rings is 1. The van der Waals surface area contributed by atoms with E-state index in [-0.39, 0.29) is 11.3 Å². The SMILES string of the molecule is Nc1cc(Br)ccc1C(=O)c1cnccc1C(F)(F)F. The van der Waals surface area contributed by atoms with Crippen LogP contribution in [0.5, 0.6) is 0 Å². The molecule has 7 heteroatoms. The molecule has 1 aromatic carbocycles. The zero-order valence-electron chi connectivity index (χ0n) is 9.91.